The van der Waals surface area contributed by atoms with Crippen LogP contribution in [0, 0.1) is 0 Å². The maximum Gasteiger partial charge on any atom is 0.416 e. The number of aliphatic hydroxyl groups is 3. The first-order valence-corrected chi connectivity index (χ1v) is 20.5. The number of halogens is 9. The fourth-order valence-electron chi connectivity index (χ4n) is 8.75. The van der Waals surface area contributed by atoms with Crippen LogP contribution in [0.15, 0.2) is 90.1 Å². The molecule has 0 spiro atoms. The Morgan fingerprint density at radius 2 is 0.656 bits per heavy atom. The van der Waals surface area contributed by atoms with Crippen LogP contribution in [0.5, 0.6) is 0 Å². The molecule has 3 atom stereocenters. The van der Waals surface area contributed by atoms with Gasteiger partial charge in [0.25, 0.3) is 17.7 Å². The van der Waals surface area contributed by atoms with Gasteiger partial charge in [-0.1, -0.05) is 57.2 Å². The molecule has 3 N–H and O–H groups in total. The maximum absolute atomic E-state index is 13.6. The molecule has 3 unspecified atom stereocenters. The fourth-order valence-corrected chi connectivity index (χ4v) is 8.75. The second-order valence-corrected chi connectivity index (χ2v) is 15.6. The quantitative estimate of drug-likeness (QED) is 0.130. The molecule has 3 aliphatic heterocycles. The molecule has 0 bridgehead atoms. The van der Waals surface area contributed by atoms with Gasteiger partial charge in [-0.2, -0.15) is 39.5 Å². The third kappa shape index (κ3) is 9.30. The summed E-state index contributed by atoms with van der Waals surface area (Å²) in [6.07, 6.45) is -13.1. The summed E-state index contributed by atoms with van der Waals surface area (Å²) < 4.78 is 120. The van der Waals surface area contributed by atoms with E-state index in [0.29, 0.717) is 0 Å². The highest BCUT2D eigenvalue weighted by Gasteiger charge is 2.43. The lowest BCUT2D eigenvalue weighted by molar-refractivity contribution is -0.138. The van der Waals surface area contributed by atoms with Gasteiger partial charge in [-0.15, -0.1) is 0 Å². The van der Waals surface area contributed by atoms with Gasteiger partial charge in [-0.05, 0) is 72.4 Å². The van der Waals surface area contributed by atoms with Crippen LogP contribution in [0.4, 0.5) is 39.5 Å². The van der Waals surface area contributed by atoms with Crippen LogP contribution in [-0.2, 0) is 32.9 Å². The van der Waals surface area contributed by atoms with Crippen molar-refractivity contribution in [2.45, 2.75) is 76.7 Å². The maximum atomic E-state index is 13.6. The third-order valence-corrected chi connectivity index (χ3v) is 12.0. The molecule has 10 nitrogen and oxygen atoms in total. The van der Waals surface area contributed by atoms with Crippen molar-refractivity contribution in [3.8, 4) is 0 Å². The Morgan fingerprint density at radius 3 is 0.844 bits per heavy atom. The first kappa shape index (κ1) is 47.5. The highest BCUT2D eigenvalue weighted by Crippen LogP contribution is 2.40. The number of carbonyl (C=O) groups excluding carboxylic acids is 3. The lowest BCUT2D eigenvalue weighted by Gasteiger charge is -2.34. The van der Waals surface area contributed by atoms with E-state index in [1.54, 1.807) is 25.7 Å². The molecule has 3 aliphatic rings. The van der Waals surface area contributed by atoms with Crippen molar-refractivity contribution in [2.24, 2.45) is 0 Å². The standard InChI is InChI=1S/C45H45F9N4O6/c1-4-31-34(25-7-13-28(14-8-25)43(46,47)48)37(59)40(62)56(31)22-19-55(20-23-57-32(5-2)35(38(60)41(57)63)26-9-15-29(16-10-26)44(49,50)51)21-24-58-33(6-3)36(39(61)42(58)64)27-11-17-30(18-12-27)45(52,53)54/h7-18,31-33,59-61H,4-6,19-24H2,1-3H3. The summed E-state index contributed by atoms with van der Waals surface area (Å²) in [4.78, 5) is 46.5. The van der Waals surface area contributed by atoms with Crippen LogP contribution in [0.3, 0.4) is 0 Å². The number of nitrogens with zero attached hydrogens (tertiary/aromatic N) is 4. The van der Waals surface area contributed by atoms with E-state index < -0.39 is 88.3 Å². The number of rotatable bonds is 15. The van der Waals surface area contributed by atoms with Gasteiger partial charge in [-0.25, -0.2) is 0 Å². The second kappa shape index (κ2) is 18.3. The van der Waals surface area contributed by atoms with Gasteiger partial charge in [0, 0.05) is 56.0 Å². The molecule has 3 aromatic carbocycles. The molecular formula is C45H45F9N4O6. The van der Waals surface area contributed by atoms with Crippen LogP contribution in [0.1, 0.15) is 73.4 Å². The van der Waals surface area contributed by atoms with Gasteiger partial charge >= 0.3 is 18.5 Å². The van der Waals surface area contributed by atoms with Crippen molar-refractivity contribution in [3.63, 3.8) is 0 Å². The lowest BCUT2D eigenvalue weighted by atomic mass is 9.96. The Bertz CT molecular complexity index is 2080. The van der Waals surface area contributed by atoms with Gasteiger partial charge in [0.05, 0.1) is 34.8 Å². The predicted octanol–water partition coefficient (Wildman–Crippen LogP) is 9.12. The van der Waals surface area contributed by atoms with E-state index in [9.17, 15) is 69.2 Å². The summed E-state index contributed by atoms with van der Waals surface area (Å²) in [5.74, 6) is -4.28. The van der Waals surface area contributed by atoms with Crippen molar-refractivity contribution in [1.29, 1.82) is 0 Å². The molecule has 3 heterocycles. The zero-order valence-corrected chi connectivity index (χ0v) is 34.8. The number of alkyl halides is 9. The van der Waals surface area contributed by atoms with E-state index in [1.165, 1.54) is 51.1 Å². The topological polar surface area (TPSA) is 125 Å². The van der Waals surface area contributed by atoms with E-state index in [4.69, 9.17) is 0 Å². The SMILES string of the molecule is CCC1C(c2ccc(C(F)(F)F)cc2)=C(O)C(=O)N1CCN(CCN1C(=O)C(O)=C(c2ccc(C(F)(F)F)cc2)C1CC)CCN1C(=O)C(O)=C(c2ccc(C(F)(F)F)cc2)C1CC. The van der Waals surface area contributed by atoms with Crippen LogP contribution in [0.25, 0.3) is 16.7 Å². The van der Waals surface area contributed by atoms with E-state index in [2.05, 4.69) is 0 Å². The monoisotopic (exact) mass is 908 g/mol. The van der Waals surface area contributed by atoms with Gasteiger partial charge in [0.1, 0.15) is 0 Å². The molecule has 19 heteroatoms. The predicted molar refractivity (Wildman–Crippen MR) is 217 cm³/mol. The minimum absolute atomic E-state index is 0.0315. The molecular weight excluding hydrogens is 863 g/mol. The second-order valence-electron chi connectivity index (χ2n) is 15.6. The number of hydrogen-bond donors (Lipinski definition) is 3. The molecule has 6 rings (SSSR count). The molecule has 344 valence electrons. The van der Waals surface area contributed by atoms with E-state index in [0.717, 1.165) is 36.4 Å². The molecule has 3 amide bonds. The summed E-state index contributed by atoms with van der Waals surface area (Å²) in [5.41, 5.74) is -1.77. The Morgan fingerprint density at radius 1 is 0.438 bits per heavy atom. The number of amides is 3. The average molecular weight is 909 g/mol. The molecule has 3 aromatic rings. The molecule has 64 heavy (non-hydrogen) atoms. The van der Waals surface area contributed by atoms with Crippen LogP contribution in [-0.4, -0.2) is 110 Å². The van der Waals surface area contributed by atoms with E-state index in [-0.39, 0.29) is 91.9 Å². The number of aliphatic hydroxyl groups excluding tert-OH is 3. The fraction of sp³-hybridized carbons (Fsp3) is 0.400. The Balaban J connectivity index is 1.24. The number of carbonyl (C=O) groups is 3. The van der Waals surface area contributed by atoms with Crippen molar-refractivity contribution in [2.75, 3.05) is 39.3 Å². The van der Waals surface area contributed by atoms with Crippen molar-refractivity contribution >= 4 is 34.4 Å². The van der Waals surface area contributed by atoms with Gasteiger partial charge in [0.15, 0.2) is 17.3 Å². The van der Waals surface area contributed by atoms with Crippen LogP contribution in [0.2, 0.25) is 0 Å². The molecule has 0 aromatic heterocycles. The minimum Gasteiger partial charge on any atom is -0.503 e. The van der Waals surface area contributed by atoms with Gasteiger partial charge in [-0.3, -0.25) is 19.3 Å². The molecule has 0 aliphatic carbocycles. The summed E-state index contributed by atoms with van der Waals surface area (Å²) in [7, 11) is 0. The summed E-state index contributed by atoms with van der Waals surface area (Å²) >= 11 is 0. The normalized spacial score (nSPS) is 20.1. The Hall–Kier alpha value is -5.98. The van der Waals surface area contributed by atoms with E-state index >= 15 is 0 Å². The van der Waals surface area contributed by atoms with E-state index in [1.807, 2.05) is 0 Å². The summed E-state index contributed by atoms with van der Waals surface area (Å²) in [5, 5.41) is 33.1. The van der Waals surface area contributed by atoms with Gasteiger partial charge in [0.2, 0.25) is 0 Å². The molecule has 0 fully saturated rings. The highest BCUT2D eigenvalue weighted by molar-refractivity contribution is 6.06. The first-order valence-electron chi connectivity index (χ1n) is 20.5. The Kier molecular flexibility index (Phi) is 13.5. The van der Waals surface area contributed by atoms with Crippen molar-refractivity contribution in [1.82, 2.24) is 19.6 Å². The smallest absolute Gasteiger partial charge is 0.416 e. The molecule has 0 radical (unpaired) electrons. The van der Waals surface area contributed by atoms with Crippen LogP contribution >= 0.6 is 0 Å². The van der Waals surface area contributed by atoms with Crippen molar-refractivity contribution in [3.05, 3.63) is 123 Å². The van der Waals surface area contributed by atoms with Crippen molar-refractivity contribution < 1.29 is 69.2 Å². The Labute approximate surface area is 362 Å². The first-order chi connectivity index (χ1) is 30.0. The largest absolute Gasteiger partial charge is 0.503 e. The average Bonchev–Trinajstić information content (AvgIpc) is 3.75. The summed E-state index contributed by atoms with van der Waals surface area (Å²) in [6.45, 7) is 5.06. The molecule has 0 saturated carbocycles. The highest BCUT2D eigenvalue weighted by atomic mass is 19.4. The summed E-state index contributed by atoms with van der Waals surface area (Å²) in [6, 6.07) is 9.76. The zero-order chi connectivity index (χ0) is 47.1. The van der Waals surface area contributed by atoms with Gasteiger partial charge < -0.3 is 30.0 Å². The lowest BCUT2D eigenvalue weighted by Crippen LogP contribution is -2.48. The minimum atomic E-state index is -4.62. The van der Waals surface area contributed by atoms with Crippen LogP contribution < -0.4 is 0 Å². The number of benzene rings is 3. The third-order valence-electron chi connectivity index (χ3n) is 12.0. The number of hydrogen-bond acceptors (Lipinski definition) is 7. The zero-order valence-electron chi connectivity index (χ0n) is 34.8. The molecule has 0 saturated heterocycles.